The predicted octanol–water partition coefficient (Wildman–Crippen LogP) is 2.31. The van der Waals surface area contributed by atoms with Crippen LogP contribution in [0.4, 0.5) is 0 Å². The van der Waals surface area contributed by atoms with Gasteiger partial charge in [0.05, 0.1) is 6.61 Å². The molecule has 0 radical (unpaired) electrons. The van der Waals surface area contributed by atoms with Crippen molar-refractivity contribution >= 4 is 18.4 Å². The van der Waals surface area contributed by atoms with E-state index in [1.54, 1.807) is 0 Å². The van der Waals surface area contributed by atoms with Crippen molar-refractivity contribution in [3.8, 4) is 0 Å². The third-order valence-electron chi connectivity index (χ3n) is 1.97. The quantitative estimate of drug-likeness (QED) is 0.826. The van der Waals surface area contributed by atoms with Crippen molar-refractivity contribution in [2.75, 3.05) is 6.61 Å². The van der Waals surface area contributed by atoms with E-state index in [2.05, 4.69) is 0 Å². The fourth-order valence-electron chi connectivity index (χ4n) is 1.14. The van der Waals surface area contributed by atoms with E-state index in [9.17, 15) is 4.79 Å². The fourth-order valence-corrected chi connectivity index (χ4v) is 1.14. The van der Waals surface area contributed by atoms with Gasteiger partial charge in [0.1, 0.15) is 6.04 Å². The van der Waals surface area contributed by atoms with Crippen LogP contribution in [0.5, 0.6) is 0 Å². The second-order valence-electron chi connectivity index (χ2n) is 3.91. The van der Waals surface area contributed by atoms with Crippen LogP contribution >= 0.6 is 12.4 Å². The zero-order valence-electron chi connectivity index (χ0n) is 9.55. The van der Waals surface area contributed by atoms with Gasteiger partial charge in [-0.15, -0.1) is 12.4 Å². The lowest BCUT2D eigenvalue weighted by molar-refractivity contribution is -0.146. The van der Waals surface area contributed by atoms with Crippen LogP contribution in [0.1, 0.15) is 25.5 Å². The van der Waals surface area contributed by atoms with Gasteiger partial charge in [-0.05, 0) is 11.5 Å². The van der Waals surface area contributed by atoms with Gasteiger partial charge in [-0.1, -0.05) is 44.2 Å². The summed E-state index contributed by atoms with van der Waals surface area (Å²) in [5.41, 5.74) is 6.53. The largest absolute Gasteiger partial charge is 0.464 e. The van der Waals surface area contributed by atoms with E-state index in [0.717, 1.165) is 5.56 Å². The third-order valence-corrected chi connectivity index (χ3v) is 1.97. The van der Waals surface area contributed by atoms with Crippen LogP contribution in [0.15, 0.2) is 30.3 Å². The minimum absolute atomic E-state index is 0. The molecule has 0 saturated heterocycles. The first-order chi connectivity index (χ1) is 7.11. The maximum absolute atomic E-state index is 11.5. The Morgan fingerprint density at radius 3 is 2.38 bits per heavy atom. The highest BCUT2D eigenvalue weighted by molar-refractivity contribution is 5.85. The molecule has 0 amide bonds. The maximum atomic E-state index is 11.5. The molecule has 0 spiro atoms. The van der Waals surface area contributed by atoms with E-state index in [-0.39, 0.29) is 18.4 Å². The molecular formula is C12H18ClNO2. The van der Waals surface area contributed by atoms with E-state index in [4.69, 9.17) is 10.5 Å². The Balaban J connectivity index is 0.00000225. The molecular weight excluding hydrogens is 226 g/mol. The van der Waals surface area contributed by atoms with Gasteiger partial charge in [0, 0.05) is 0 Å². The van der Waals surface area contributed by atoms with Gasteiger partial charge in [0.15, 0.2) is 0 Å². The summed E-state index contributed by atoms with van der Waals surface area (Å²) in [4.78, 5) is 11.5. The molecule has 0 aliphatic carbocycles. The first-order valence-electron chi connectivity index (χ1n) is 5.08. The molecule has 1 unspecified atom stereocenters. The monoisotopic (exact) mass is 243 g/mol. The van der Waals surface area contributed by atoms with Crippen molar-refractivity contribution in [3.63, 3.8) is 0 Å². The molecule has 1 atom stereocenters. The Labute approximate surface area is 102 Å². The highest BCUT2D eigenvalue weighted by atomic mass is 35.5. The van der Waals surface area contributed by atoms with Crippen molar-refractivity contribution in [3.05, 3.63) is 35.9 Å². The van der Waals surface area contributed by atoms with Crippen molar-refractivity contribution in [2.24, 2.45) is 11.7 Å². The molecule has 0 saturated carbocycles. The van der Waals surface area contributed by atoms with Gasteiger partial charge in [0.25, 0.3) is 0 Å². The summed E-state index contributed by atoms with van der Waals surface area (Å²) in [7, 11) is 0. The number of ether oxygens (including phenoxy) is 1. The van der Waals surface area contributed by atoms with Crippen LogP contribution < -0.4 is 5.73 Å². The molecule has 0 fully saturated rings. The van der Waals surface area contributed by atoms with Gasteiger partial charge in [0.2, 0.25) is 0 Å². The number of nitrogens with two attached hydrogens (primary N) is 1. The Morgan fingerprint density at radius 1 is 1.31 bits per heavy atom. The minimum atomic E-state index is -0.676. The van der Waals surface area contributed by atoms with Crippen molar-refractivity contribution < 1.29 is 9.53 Å². The van der Waals surface area contributed by atoms with Gasteiger partial charge in [-0.25, -0.2) is 4.79 Å². The van der Waals surface area contributed by atoms with E-state index in [1.165, 1.54) is 0 Å². The smallest absolute Gasteiger partial charge is 0.327 e. The Morgan fingerprint density at radius 2 is 1.88 bits per heavy atom. The lowest BCUT2D eigenvalue weighted by Gasteiger charge is -2.12. The van der Waals surface area contributed by atoms with Gasteiger partial charge in [-0.2, -0.15) is 0 Å². The summed E-state index contributed by atoms with van der Waals surface area (Å²) in [5.74, 6) is -0.0353. The van der Waals surface area contributed by atoms with E-state index in [1.807, 2.05) is 44.2 Å². The summed E-state index contributed by atoms with van der Waals surface area (Å²) >= 11 is 0. The number of hydrogen-bond acceptors (Lipinski definition) is 3. The lowest BCUT2D eigenvalue weighted by atomic mass is 10.1. The van der Waals surface area contributed by atoms with Gasteiger partial charge < -0.3 is 10.5 Å². The minimum Gasteiger partial charge on any atom is -0.464 e. The van der Waals surface area contributed by atoms with E-state index < -0.39 is 6.04 Å². The molecule has 0 bridgehead atoms. The fraction of sp³-hybridized carbons (Fsp3) is 0.417. The van der Waals surface area contributed by atoms with Crippen LogP contribution in [0.25, 0.3) is 0 Å². The highest BCUT2D eigenvalue weighted by Gasteiger charge is 2.16. The molecule has 3 nitrogen and oxygen atoms in total. The molecule has 2 N–H and O–H groups in total. The standard InChI is InChI=1S/C12H17NO2.ClH/c1-9(2)8-15-12(14)11(13)10-6-4-3-5-7-10;/h3-7,9,11H,8,13H2,1-2H3;1H. The number of benzene rings is 1. The zero-order chi connectivity index (χ0) is 11.3. The highest BCUT2D eigenvalue weighted by Crippen LogP contribution is 2.11. The number of esters is 1. The van der Waals surface area contributed by atoms with E-state index >= 15 is 0 Å². The number of carbonyl (C=O) groups is 1. The van der Waals surface area contributed by atoms with E-state index in [0.29, 0.717) is 12.5 Å². The number of carbonyl (C=O) groups excluding carboxylic acids is 1. The molecule has 1 aromatic rings. The summed E-state index contributed by atoms with van der Waals surface area (Å²) in [6.07, 6.45) is 0. The number of rotatable bonds is 4. The first-order valence-corrected chi connectivity index (χ1v) is 5.08. The molecule has 1 aromatic carbocycles. The topological polar surface area (TPSA) is 52.3 Å². The lowest BCUT2D eigenvalue weighted by Crippen LogP contribution is -2.24. The van der Waals surface area contributed by atoms with Crippen LogP contribution in [0, 0.1) is 5.92 Å². The van der Waals surface area contributed by atoms with Crippen LogP contribution in [-0.4, -0.2) is 12.6 Å². The SMILES string of the molecule is CC(C)COC(=O)C(N)c1ccccc1.Cl. The van der Waals surface area contributed by atoms with Gasteiger partial charge in [-0.3, -0.25) is 0 Å². The first kappa shape index (κ1) is 14.9. The Hall–Kier alpha value is -1.06. The van der Waals surface area contributed by atoms with Gasteiger partial charge >= 0.3 is 5.97 Å². The second kappa shape index (κ2) is 7.25. The molecule has 16 heavy (non-hydrogen) atoms. The number of hydrogen-bond donors (Lipinski definition) is 1. The third kappa shape index (κ3) is 4.64. The molecule has 0 heterocycles. The van der Waals surface area contributed by atoms with Crippen LogP contribution in [-0.2, 0) is 9.53 Å². The summed E-state index contributed by atoms with van der Waals surface area (Å²) in [6.45, 7) is 4.39. The van der Waals surface area contributed by atoms with Crippen molar-refractivity contribution in [1.29, 1.82) is 0 Å². The van der Waals surface area contributed by atoms with Crippen molar-refractivity contribution in [1.82, 2.24) is 0 Å². The average Bonchev–Trinajstić information content (AvgIpc) is 2.26. The molecule has 1 rings (SSSR count). The zero-order valence-corrected chi connectivity index (χ0v) is 10.4. The second-order valence-corrected chi connectivity index (χ2v) is 3.91. The summed E-state index contributed by atoms with van der Waals surface area (Å²) in [6, 6.07) is 8.55. The molecule has 0 aromatic heterocycles. The van der Waals surface area contributed by atoms with Crippen molar-refractivity contribution in [2.45, 2.75) is 19.9 Å². The molecule has 0 aliphatic heterocycles. The molecule has 0 aliphatic rings. The average molecular weight is 244 g/mol. The molecule has 90 valence electrons. The Kier molecular flexibility index (Phi) is 6.77. The summed E-state index contributed by atoms with van der Waals surface area (Å²) in [5, 5.41) is 0. The summed E-state index contributed by atoms with van der Waals surface area (Å²) < 4.78 is 5.06. The van der Waals surface area contributed by atoms with Crippen LogP contribution in [0.3, 0.4) is 0 Å². The number of halogens is 1. The Bertz CT molecular complexity index is 314. The van der Waals surface area contributed by atoms with Crippen LogP contribution in [0.2, 0.25) is 0 Å². The predicted molar refractivity (Wildman–Crippen MR) is 66.4 cm³/mol. The normalized spacial score (nSPS) is 11.8. The molecule has 4 heteroatoms. The maximum Gasteiger partial charge on any atom is 0.327 e.